The average molecular weight is 663 g/mol. The van der Waals surface area contributed by atoms with Crippen LogP contribution in [0.25, 0.3) is 0 Å². The highest BCUT2D eigenvalue weighted by molar-refractivity contribution is 6.22. The summed E-state index contributed by atoms with van der Waals surface area (Å²) in [5.74, 6) is 1.38. The second-order valence-corrected chi connectivity index (χ2v) is 11.4. The minimum Gasteiger partial charge on any atom is -0.493 e. The molecular weight excluding hydrogens is 620 g/mol. The van der Waals surface area contributed by atoms with Crippen LogP contribution in [0.4, 0.5) is 0 Å². The zero-order valence-electron chi connectivity index (χ0n) is 27.4. The number of carbonyl (C=O) groups excluding carboxylic acids is 3. The lowest BCUT2D eigenvalue weighted by molar-refractivity contribution is -0.291. The standard InChI is InChI=1S/C36H42N2O10/c1-42-30-15-14-26(22-32(30)43-2)8-3-7-25-9-4-11-28(21-25)46-24-33(39)37-16-18-44-19-20-45-31-13-5-12-29-34(31)36(41)38(35(29)40)27-10-6-17-47-48-23-27/h4-5,9,11-15,21-22,27H,3,6-8,10,16-20,23-24H2,1-2H3,(H,37,39). The second-order valence-electron chi connectivity index (χ2n) is 11.4. The van der Waals surface area contributed by atoms with E-state index in [4.69, 9.17) is 33.5 Å². The van der Waals surface area contributed by atoms with E-state index in [1.807, 2.05) is 42.5 Å². The molecule has 12 heteroatoms. The molecule has 3 aromatic rings. The molecule has 2 heterocycles. The molecule has 1 saturated heterocycles. The molecule has 0 radical (unpaired) electrons. The van der Waals surface area contributed by atoms with Crippen molar-refractivity contribution in [1.29, 1.82) is 0 Å². The number of carbonyl (C=O) groups is 3. The van der Waals surface area contributed by atoms with Gasteiger partial charge in [0.1, 0.15) is 24.7 Å². The SMILES string of the molecule is COc1ccc(CCCc2cccc(OCC(=O)NCCOCCOc3cccc4c3C(=O)N(C3CCCOOC3)C4=O)c2)cc1OC. The van der Waals surface area contributed by atoms with Crippen molar-refractivity contribution in [3.8, 4) is 23.0 Å². The zero-order valence-corrected chi connectivity index (χ0v) is 27.4. The summed E-state index contributed by atoms with van der Waals surface area (Å²) in [5, 5.41) is 2.78. The van der Waals surface area contributed by atoms with E-state index in [0.29, 0.717) is 48.8 Å². The van der Waals surface area contributed by atoms with E-state index in [1.165, 1.54) is 10.5 Å². The van der Waals surface area contributed by atoms with Gasteiger partial charge in [-0.25, -0.2) is 9.78 Å². The fourth-order valence-corrected chi connectivity index (χ4v) is 5.67. The Morgan fingerprint density at radius 2 is 1.67 bits per heavy atom. The monoisotopic (exact) mass is 662 g/mol. The molecule has 3 aromatic carbocycles. The second kappa shape index (κ2) is 17.5. The number of hydrogen-bond acceptors (Lipinski definition) is 10. The van der Waals surface area contributed by atoms with Gasteiger partial charge < -0.3 is 29.0 Å². The van der Waals surface area contributed by atoms with E-state index in [1.54, 1.807) is 32.4 Å². The maximum Gasteiger partial charge on any atom is 0.265 e. The molecular formula is C36H42N2O10. The highest BCUT2D eigenvalue weighted by atomic mass is 17.2. The molecule has 1 N–H and O–H groups in total. The smallest absolute Gasteiger partial charge is 0.265 e. The Kier molecular flexibility index (Phi) is 12.6. The van der Waals surface area contributed by atoms with Gasteiger partial charge in [0.25, 0.3) is 17.7 Å². The maximum atomic E-state index is 13.2. The van der Waals surface area contributed by atoms with Crippen LogP contribution in [0.2, 0.25) is 0 Å². The van der Waals surface area contributed by atoms with Gasteiger partial charge in [0.15, 0.2) is 18.1 Å². The van der Waals surface area contributed by atoms with Crippen LogP contribution >= 0.6 is 0 Å². The predicted octanol–water partition coefficient (Wildman–Crippen LogP) is 4.18. The van der Waals surface area contributed by atoms with Crippen LogP contribution in [0, 0.1) is 0 Å². The first kappa shape index (κ1) is 34.7. The van der Waals surface area contributed by atoms with Gasteiger partial charge in [-0.15, -0.1) is 0 Å². The lowest BCUT2D eigenvalue weighted by atomic mass is 10.0. The Morgan fingerprint density at radius 3 is 2.50 bits per heavy atom. The van der Waals surface area contributed by atoms with Crippen molar-refractivity contribution < 1.29 is 47.8 Å². The number of methoxy groups -OCH3 is 2. The minimum atomic E-state index is -0.398. The summed E-state index contributed by atoms with van der Waals surface area (Å²) < 4.78 is 27.8. The molecule has 2 aliphatic heterocycles. The number of rotatable bonds is 17. The van der Waals surface area contributed by atoms with Gasteiger partial charge in [-0.05, 0) is 79.6 Å². The Hall–Kier alpha value is -4.65. The van der Waals surface area contributed by atoms with Gasteiger partial charge in [-0.3, -0.25) is 19.3 Å². The van der Waals surface area contributed by atoms with Crippen molar-refractivity contribution in [2.45, 2.75) is 38.1 Å². The maximum absolute atomic E-state index is 13.2. The molecule has 0 aromatic heterocycles. The van der Waals surface area contributed by atoms with E-state index in [9.17, 15) is 14.4 Å². The van der Waals surface area contributed by atoms with Crippen LogP contribution in [0.15, 0.2) is 60.7 Å². The number of nitrogens with zero attached hydrogens (tertiary/aromatic N) is 1. The molecule has 3 amide bonds. The number of imide groups is 1. The summed E-state index contributed by atoms with van der Waals surface area (Å²) in [7, 11) is 3.25. The highest BCUT2D eigenvalue weighted by Gasteiger charge is 2.42. The third-order valence-electron chi connectivity index (χ3n) is 8.08. The molecule has 5 rings (SSSR count). The number of ether oxygens (including phenoxy) is 5. The summed E-state index contributed by atoms with van der Waals surface area (Å²) in [5.41, 5.74) is 2.86. The van der Waals surface area contributed by atoms with Crippen LogP contribution in [-0.4, -0.2) is 89.1 Å². The number of aryl methyl sites for hydroxylation is 2. The van der Waals surface area contributed by atoms with E-state index in [2.05, 4.69) is 5.32 Å². The van der Waals surface area contributed by atoms with Crippen molar-refractivity contribution in [2.75, 3.05) is 60.4 Å². The number of benzene rings is 3. The lowest BCUT2D eigenvalue weighted by Crippen LogP contribution is -2.42. The van der Waals surface area contributed by atoms with Crippen molar-refractivity contribution in [3.05, 3.63) is 82.9 Å². The molecule has 12 nitrogen and oxygen atoms in total. The molecule has 0 saturated carbocycles. The highest BCUT2D eigenvalue weighted by Crippen LogP contribution is 2.33. The molecule has 48 heavy (non-hydrogen) atoms. The van der Waals surface area contributed by atoms with E-state index < -0.39 is 11.9 Å². The Morgan fingerprint density at radius 1 is 0.854 bits per heavy atom. The molecule has 0 spiro atoms. The average Bonchev–Trinajstić information content (AvgIpc) is 3.24. The largest absolute Gasteiger partial charge is 0.493 e. The molecule has 1 fully saturated rings. The molecule has 2 aliphatic rings. The first-order chi connectivity index (χ1) is 23.5. The van der Waals surface area contributed by atoms with Crippen LogP contribution in [0.1, 0.15) is 51.1 Å². The van der Waals surface area contributed by atoms with Crippen molar-refractivity contribution in [1.82, 2.24) is 10.2 Å². The van der Waals surface area contributed by atoms with Gasteiger partial charge in [0.2, 0.25) is 0 Å². The quantitative estimate of drug-likeness (QED) is 0.128. The number of fused-ring (bicyclic) bond motifs is 1. The van der Waals surface area contributed by atoms with Crippen LogP contribution < -0.4 is 24.3 Å². The molecule has 0 aliphatic carbocycles. The van der Waals surface area contributed by atoms with Crippen molar-refractivity contribution in [3.63, 3.8) is 0 Å². The third kappa shape index (κ3) is 9.03. The normalized spacial score (nSPS) is 15.9. The first-order valence-electron chi connectivity index (χ1n) is 16.1. The van der Waals surface area contributed by atoms with Gasteiger partial charge >= 0.3 is 0 Å². The summed E-state index contributed by atoms with van der Waals surface area (Å²) >= 11 is 0. The number of amides is 3. The summed E-state index contributed by atoms with van der Waals surface area (Å²) in [6, 6.07) is 18.3. The van der Waals surface area contributed by atoms with Gasteiger partial charge in [0.05, 0.1) is 51.2 Å². The molecule has 256 valence electrons. The number of nitrogens with one attached hydrogen (secondary N) is 1. The third-order valence-corrected chi connectivity index (χ3v) is 8.08. The predicted molar refractivity (Wildman–Crippen MR) is 175 cm³/mol. The molecule has 1 unspecified atom stereocenters. The minimum absolute atomic E-state index is 0.110. The molecule has 1 atom stereocenters. The lowest BCUT2D eigenvalue weighted by Gasteiger charge is -2.23. The topological polar surface area (TPSA) is 131 Å². The van der Waals surface area contributed by atoms with Crippen LogP contribution in [0.5, 0.6) is 23.0 Å². The molecule has 0 bridgehead atoms. The van der Waals surface area contributed by atoms with Gasteiger partial charge in [-0.2, -0.15) is 0 Å². The Balaban J connectivity index is 0.966. The van der Waals surface area contributed by atoms with E-state index in [-0.39, 0.29) is 50.4 Å². The van der Waals surface area contributed by atoms with E-state index >= 15 is 0 Å². The zero-order chi connectivity index (χ0) is 33.7. The Labute approximate surface area is 280 Å². The van der Waals surface area contributed by atoms with Crippen molar-refractivity contribution in [2.24, 2.45) is 0 Å². The first-order valence-corrected chi connectivity index (χ1v) is 16.1. The van der Waals surface area contributed by atoms with Crippen molar-refractivity contribution >= 4 is 17.7 Å². The van der Waals surface area contributed by atoms with Gasteiger partial charge in [-0.1, -0.05) is 24.3 Å². The summed E-state index contributed by atoms with van der Waals surface area (Å²) in [4.78, 5) is 49.9. The fraction of sp³-hybridized carbons (Fsp3) is 0.417. The van der Waals surface area contributed by atoms with Crippen LogP contribution in [-0.2, 0) is 32.1 Å². The summed E-state index contributed by atoms with van der Waals surface area (Å²) in [6.07, 6.45) is 3.99. The van der Waals surface area contributed by atoms with E-state index in [0.717, 1.165) is 30.6 Å². The fourth-order valence-electron chi connectivity index (χ4n) is 5.67. The van der Waals surface area contributed by atoms with Gasteiger partial charge in [0, 0.05) is 6.54 Å². The summed E-state index contributed by atoms with van der Waals surface area (Å²) in [6.45, 7) is 1.41. The van der Waals surface area contributed by atoms with Crippen LogP contribution in [0.3, 0.4) is 0 Å². The number of hydrogen-bond donors (Lipinski definition) is 1. The Bertz CT molecular complexity index is 1550.